The van der Waals surface area contributed by atoms with E-state index < -0.39 is 20.7 Å². The lowest BCUT2D eigenvalue weighted by Crippen LogP contribution is -2.50. The van der Waals surface area contributed by atoms with Crippen LogP contribution < -0.4 is 0 Å². The van der Waals surface area contributed by atoms with Gasteiger partial charge in [-0.3, -0.25) is 0 Å². The third-order valence-electron chi connectivity index (χ3n) is 5.45. The third kappa shape index (κ3) is 5.93. The smallest absolute Gasteiger partial charge is 0.211 e. The largest absolute Gasteiger partial charge is 0.223 e. The normalized spacial score (nSPS) is 21.6. The van der Waals surface area contributed by atoms with Gasteiger partial charge in [0.2, 0.25) is 10.0 Å². The van der Waals surface area contributed by atoms with E-state index in [1.807, 2.05) is 0 Å². The molecule has 0 radical (unpaired) electrons. The third-order valence-corrected chi connectivity index (χ3v) is 8.09. The Balaban J connectivity index is 2.94. The predicted molar refractivity (Wildman–Crippen MR) is 109 cm³/mol. The molecule has 28 heavy (non-hydrogen) atoms. The van der Waals surface area contributed by atoms with E-state index in [0.717, 1.165) is 25.7 Å². The molecule has 2 unspecified atom stereocenters. The molecule has 0 aromatic rings. The van der Waals surface area contributed by atoms with Gasteiger partial charge >= 0.3 is 0 Å². The van der Waals surface area contributed by atoms with Crippen LogP contribution in [0, 0.1) is 39.9 Å². The molecular formula is C21H30N4O2S. The molecule has 1 rings (SSSR count). The molecular weight excluding hydrogens is 372 g/mol. The van der Waals surface area contributed by atoms with Gasteiger partial charge in [0.1, 0.15) is 4.75 Å². The number of hydrogen-bond donors (Lipinski definition) is 0. The molecule has 0 aromatic heterocycles. The second kappa shape index (κ2) is 11.6. The Labute approximate surface area is 169 Å². The highest BCUT2D eigenvalue weighted by Gasteiger charge is 2.47. The first-order valence-electron chi connectivity index (χ1n) is 9.88. The Morgan fingerprint density at radius 1 is 1.00 bits per heavy atom. The van der Waals surface area contributed by atoms with Crippen LogP contribution in [0.3, 0.4) is 0 Å². The van der Waals surface area contributed by atoms with E-state index >= 15 is 0 Å². The van der Waals surface area contributed by atoms with E-state index in [-0.39, 0.29) is 0 Å². The number of allylic oxidation sites excluding steroid dienone is 3. The molecule has 0 spiro atoms. The van der Waals surface area contributed by atoms with E-state index in [2.05, 4.69) is 18.2 Å². The summed E-state index contributed by atoms with van der Waals surface area (Å²) in [6.07, 6.45) is 10.5. The van der Waals surface area contributed by atoms with Gasteiger partial charge in [-0.1, -0.05) is 31.9 Å². The lowest BCUT2D eigenvalue weighted by atomic mass is 9.84. The maximum absolute atomic E-state index is 13.6. The molecule has 7 heteroatoms. The van der Waals surface area contributed by atoms with E-state index in [9.17, 15) is 13.7 Å². The second-order valence-electron chi connectivity index (χ2n) is 7.34. The van der Waals surface area contributed by atoms with Gasteiger partial charge in [-0.25, -0.2) is 12.7 Å². The molecule has 0 bridgehead atoms. The number of hydrogen-bond acceptors (Lipinski definition) is 5. The van der Waals surface area contributed by atoms with Gasteiger partial charge in [0, 0.05) is 37.4 Å². The van der Waals surface area contributed by atoms with Crippen molar-refractivity contribution in [3.05, 3.63) is 23.8 Å². The van der Waals surface area contributed by atoms with Crippen molar-refractivity contribution < 1.29 is 8.42 Å². The number of nitrogens with zero attached hydrogens (tertiary/aromatic N) is 4. The van der Waals surface area contributed by atoms with E-state index in [4.69, 9.17) is 10.5 Å². The maximum Gasteiger partial charge on any atom is 0.223 e. The number of sulfonamides is 1. The summed E-state index contributed by atoms with van der Waals surface area (Å²) < 4.78 is 27.5. The number of rotatable bonds is 12. The monoisotopic (exact) mass is 402 g/mol. The van der Waals surface area contributed by atoms with Gasteiger partial charge in [-0.05, 0) is 38.7 Å². The van der Waals surface area contributed by atoms with Crippen molar-refractivity contribution >= 4 is 10.0 Å². The van der Waals surface area contributed by atoms with Crippen molar-refractivity contribution in [2.45, 2.75) is 70.0 Å². The fourth-order valence-corrected chi connectivity index (χ4v) is 5.47. The Morgan fingerprint density at radius 3 is 2.00 bits per heavy atom. The summed E-state index contributed by atoms with van der Waals surface area (Å²) in [4.78, 5) is 0. The standard InChI is InChI=1S/C21H30N4O2S/c1-19-20(18-24)12-11-13-21(19,2)28(26,27)25(16-9-5-3-7-14-22)17-10-6-4-8-15-23/h11-13,19H,3-10,16-17H2,1-2H3. The topological polar surface area (TPSA) is 109 Å². The summed E-state index contributed by atoms with van der Waals surface area (Å²) >= 11 is 0. The van der Waals surface area contributed by atoms with Gasteiger partial charge in [0.05, 0.1) is 18.2 Å². The molecule has 2 atom stereocenters. The van der Waals surface area contributed by atoms with Crippen LogP contribution in [-0.2, 0) is 10.0 Å². The summed E-state index contributed by atoms with van der Waals surface area (Å²) in [6, 6.07) is 6.34. The summed E-state index contributed by atoms with van der Waals surface area (Å²) in [7, 11) is -3.68. The minimum Gasteiger partial charge on any atom is -0.211 e. The van der Waals surface area contributed by atoms with Crippen molar-refractivity contribution in [3.63, 3.8) is 0 Å². The Bertz CT molecular complexity index is 772. The molecule has 0 heterocycles. The highest BCUT2D eigenvalue weighted by molar-refractivity contribution is 7.90. The summed E-state index contributed by atoms with van der Waals surface area (Å²) in [5, 5.41) is 26.6. The van der Waals surface area contributed by atoms with Crippen LogP contribution in [0.5, 0.6) is 0 Å². The molecule has 1 aliphatic rings. The molecule has 6 nitrogen and oxygen atoms in total. The molecule has 0 aliphatic heterocycles. The van der Waals surface area contributed by atoms with Gasteiger partial charge in [-0.15, -0.1) is 0 Å². The van der Waals surface area contributed by atoms with Gasteiger partial charge < -0.3 is 0 Å². The van der Waals surface area contributed by atoms with Gasteiger partial charge in [0.15, 0.2) is 0 Å². The lowest BCUT2D eigenvalue weighted by Gasteiger charge is -2.38. The highest BCUT2D eigenvalue weighted by atomic mass is 32.2. The Kier molecular flexibility index (Phi) is 9.94. The molecule has 0 saturated heterocycles. The Morgan fingerprint density at radius 2 is 1.54 bits per heavy atom. The van der Waals surface area contributed by atoms with Crippen molar-refractivity contribution in [1.82, 2.24) is 4.31 Å². The number of nitriles is 3. The van der Waals surface area contributed by atoms with E-state index in [1.54, 1.807) is 36.4 Å². The molecule has 0 aromatic carbocycles. The van der Waals surface area contributed by atoms with Crippen LogP contribution in [0.4, 0.5) is 0 Å². The van der Waals surface area contributed by atoms with Crippen LogP contribution in [0.25, 0.3) is 0 Å². The highest BCUT2D eigenvalue weighted by Crippen LogP contribution is 2.38. The number of unbranched alkanes of at least 4 members (excludes halogenated alkanes) is 6. The van der Waals surface area contributed by atoms with Crippen LogP contribution in [0.15, 0.2) is 23.8 Å². The SMILES string of the molecule is CC1C(C#N)=CC=CC1(C)S(=O)(=O)N(CCCCCC#N)CCCCCC#N. The average molecular weight is 403 g/mol. The zero-order chi connectivity index (χ0) is 21.0. The van der Waals surface area contributed by atoms with Crippen LogP contribution in [-0.4, -0.2) is 30.6 Å². The first-order chi connectivity index (χ1) is 13.3. The predicted octanol–water partition coefficient (Wildman–Crippen LogP) is 4.20. The molecule has 1 aliphatic carbocycles. The van der Waals surface area contributed by atoms with Gasteiger partial charge in [-0.2, -0.15) is 15.8 Å². The van der Waals surface area contributed by atoms with Crippen molar-refractivity contribution in [1.29, 1.82) is 15.8 Å². The van der Waals surface area contributed by atoms with Crippen LogP contribution >= 0.6 is 0 Å². The molecule has 0 fully saturated rings. The van der Waals surface area contributed by atoms with Crippen molar-refractivity contribution in [3.8, 4) is 18.2 Å². The molecule has 0 N–H and O–H groups in total. The zero-order valence-corrected chi connectivity index (χ0v) is 17.7. The first kappa shape index (κ1) is 23.9. The average Bonchev–Trinajstić information content (AvgIpc) is 2.67. The summed E-state index contributed by atoms with van der Waals surface area (Å²) in [5.41, 5.74) is 0.469. The Hall–Kier alpha value is -2.14. The van der Waals surface area contributed by atoms with Gasteiger partial charge in [0.25, 0.3) is 0 Å². The first-order valence-corrected chi connectivity index (χ1v) is 11.3. The van der Waals surface area contributed by atoms with E-state index in [0.29, 0.717) is 44.3 Å². The zero-order valence-electron chi connectivity index (χ0n) is 16.9. The molecule has 0 saturated carbocycles. The van der Waals surface area contributed by atoms with Crippen molar-refractivity contribution in [2.75, 3.05) is 13.1 Å². The lowest BCUT2D eigenvalue weighted by molar-refractivity contribution is 0.364. The fraction of sp³-hybridized carbons (Fsp3) is 0.667. The minimum absolute atomic E-state index is 0.410. The van der Waals surface area contributed by atoms with Crippen molar-refractivity contribution in [2.24, 2.45) is 5.92 Å². The molecule has 152 valence electrons. The van der Waals surface area contributed by atoms with Crippen LogP contribution in [0.2, 0.25) is 0 Å². The second-order valence-corrected chi connectivity index (χ2v) is 9.69. The molecule has 0 amide bonds. The quantitative estimate of drug-likeness (QED) is 0.454. The summed E-state index contributed by atoms with van der Waals surface area (Å²) in [6.45, 7) is 4.29. The summed E-state index contributed by atoms with van der Waals surface area (Å²) in [5.74, 6) is -0.424. The fourth-order valence-electron chi connectivity index (χ4n) is 3.35. The van der Waals surface area contributed by atoms with E-state index in [1.165, 1.54) is 0 Å². The minimum atomic E-state index is -3.68. The van der Waals surface area contributed by atoms with Crippen LogP contribution in [0.1, 0.15) is 65.2 Å². The maximum atomic E-state index is 13.6.